The second-order valence-electron chi connectivity index (χ2n) is 6.34. The number of aldehydes is 1. The van der Waals surface area contributed by atoms with Crippen LogP contribution in [0.2, 0.25) is 16.6 Å². The Hall–Kier alpha value is -0.153. The second kappa shape index (κ2) is 8.11. The van der Waals surface area contributed by atoms with E-state index in [1.807, 2.05) is 0 Å². The van der Waals surface area contributed by atoms with E-state index in [1.165, 1.54) is 0 Å². The third-order valence-corrected chi connectivity index (χ3v) is 10.3. The molecule has 0 aliphatic heterocycles. The Bertz CT molecular complexity index is 215. The summed E-state index contributed by atoms with van der Waals surface area (Å²) in [4.78, 5) is 10.4. The van der Waals surface area contributed by atoms with Gasteiger partial charge in [0.25, 0.3) is 0 Å². The van der Waals surface area contributed by atoms with Gasteiger partial charge in [-0.15, -0.1) is 0 Å². The molecule has 0 saturated heterocycles. The Morgan fingerprint density at radius 1 is 0.944 bits per heavy atom. The van der Waals surface area contributed by atoms with Crippen LogP contribution >= 0.6 is 0 Å². The van der Waals surface area contributed by atoms with Gasteiger partial charge in [0.15, 0.2) is 0 Å². The smallest absolute Gasteiger partial charge is 0.200 e. The molecule has 0 aliphatic rings. The molecule has 3 heteroatoms. The molecule has 0 fully saturated rings. The summed E-state index contributed by atoms with van der Waals surface area (Å²) in [6.07, 6.45) is 3.89. The molecule has 0 spiro atoms. The average molecular weight is 273 g/mol. The fourth-order valence-electron chi connectivity index (χ4n) is 3.30. The number of hydrogen-bond donors (Lipinski definition) is 0. The van der Waals surface area contributed by atoms with Gasteiger partial charge in [0.2, 0.25) is 8.32 Å². The van der Waals surface area contributed by atoms with Crippen LogP contribution in [-0.4, -0.2) is 20.7 Å². The lowest BCUT2D eigenvalue weighted by Crippen LogP contribution is -2.49. The van der Waals surface area contributed by atoms with E-state index in [2.05, 4.69) is 48.5 Å². The van der Waals surface area contributed by atoms with Gasteiger partial charge >= 0.3 is 0 Å². The molecule has 0 unspecified atom stereocenters. The Kier molecular flexibility index (Phi) is 8.04. The van der Waals surface area contributed by atoms with Crippen molar-refractivity contribution in [2.24, 2.45) is 0 Å². The first-order valence-electron chi connectivity index (χ1n) is 7.40. The fourth-order valence-corrected chi connectivity index (χ4v) is 8.94. The molecule has 18 heavy (non-hydrogen) atoms. The first kappa shape index (κ1) is 17.8. The summed E-state index contributed by atoms with van der Waals surface area (Å²) < 4.78 is 6.59. The van der Waals surface area contributed by atoms with E-state index in [0.717, 1.165) is 19.1 Å². The summed E-state index contributed by atoms with van der Waals surface area (Å²) in [5.74, 6) is 0. The van der Waals surface area contributed by atoms with Crippen LogP contribution in [0.3, 0.4) is 0 Å². The van der Waals surface area contributed by atoms with Gasteiger partial charge in [0.1, 0.15) is 6.29 Å². The molecule has 0 heterocycles. The third kappa shape index (κ3) is 4.50. The van der Waals surface area contributed by atoms with Crippen molar-refractivity contribution in [3.05, 3.63) is 0 Å². The maximum atomic E-state index is 10.4. The van der Waals surface area contributed by atoms with Crippen LogP contribution in [-0.2, 0) is 9.22 Å². The molecule has 2 nitrogen and oxygen atoms in total. The van der Waals surface area contributed by atoms with Crippen molar-refractivity contribution in [1.82, 2.24) is 0 Å². The van der Waals surface area contributed by atoms with Gasteiger partial charge in [-0.3, -0.25) is 0 Å². The Balaban J connectivity index is 4.72. The van der Waals surface area contributed by atoms with Gasteiger partial charge in [-0.2, -0.15) is 0 Å². The van der Waals surface area contributed by atoms with Crippen LogP contribution in [0.1, 0.15) is 67.7 Å². The number of carbonyl (C=O) groups excluding carboxylic acids is 1. The van der Waals surface area contributed by atoms with E-state index in [4.69, 9.17) is 4.43 Å². The van der Waals surface area contributed by atoms with Gasteiger partial charge < -0.3 is 9.22 Å². The minimum atomic E-state index is -1.74. The first-order valence-corrected chi connectivity index (χ1v) is 9.54. The zero-order chi connectivity index (χ0) is 14.3. The molecule has 0 saturated carbocycles. The Labute approximate surface area is 115 Å². The van der Waals surface area contributed by atoms with Crippen LogP contribution < -0.4 is 0 Å². The van der Waals surface area contributed by atoms with Crippen molar-refractivity contribution in [2.75, 3.05) is 0 Å². The third-order valence-electron chi connectivity index (χ3n) is 4.05. The monoisotopic (exact) mass is 272 g/mol. The molecule has 0 amide bonds. The highest BCUT2D eigenvalue weighted by molar-refractivity contribution is 6.77. The van der Waals surface area contributed by atoms with Crippen molar-refractivity contribution >= 4 is 14.6 Å². The Morgan fingerprint density at radius 2 is 1.39 bits per heavy atom. The van der Waals surface area contributed by atoms with E-state index in [-0.39, 0.29) is 6.10 Å². The molecule has 0 aromatic heterocycles. The topological polar surface area (TPSA) is 26.3 Å². The Morgan fingerprint density at radius 3 is 1.72 bits per heavy atom. The van der Waals surface area contributed by atoms with E-state index in [1.54, 1.807) is 0 Å². The largest absolute Gasteiger partial charge is 0.413 e. The highest BCUT2D eigenvalue weighted by atomic mass is 28.4. The van der Waals surface area contributed by atoms with Gasteiger partial charge in [0, 0.05) is 12.5 Å². The standard InChI is InChI=1S/C15H32O2Si/c1-12(2)18(13(3)4,14(5)6)17-15(7)10-8-9-11-16/h11-15H,8-10H2,1-7H3/t15-/m0/s1. The minimum absolute atomic E-state index is 0.281. The molecular weight excluding hydrogens is 240 g/mol. The normalized spacial score (nSPS) is 14.6. The second-order valence-corrected chi connectivity index (χ2v) is 11.8. The van der Waals surface area contributed by atoms with Gasteiger partial charge in [0.05, 0.1) is 0 Å². The van der Waals surface area contributed by atoms with E-state index in [0.29, 0.717) is 23.0 Å². The zero-order valence-electron chi connectivity index (χ0n) is 13.3. The molecule has 1 atom stereocenters. The van der Waals surface area contributed by atoms with E-state index < -0.39 is 8.32 Å². The first-order chi connectivity index (χ1) is 8.28. The quantitative estimate of drug-likeness (QED) is 0.338. The van der Waals surface area contributed by atoms with Crippen LogP contribution in [0.15, 0.2) is 0 Å². The van der Waals surface area contributed by atoms with Crippen LogP contribution in [0, 0.1) is 0 Å². The van der Waals surface area contributed by atoms with Crippen molar-refractivity contribution in [3.63, 3.8) is 0 Å². The number of hydrogen-bond acceptors (Lipinski definition) is 2. The maximum absolute atomic E-state index is 10.4. The van der Waals surface area contributed by atoms with Crippen molar-refractivity contribution in [1.29, 1.82) is 0 Å². The summed E-state index contributed by atoms with van der Waals surface area (Å²) in [5, 5.41) is 0. The highest BCUT2D eigenvalue weighted by Gasteiger charge is 2.45. The van der Waals surface area contributed by atoms with Gasteiger partial charge in [-0.05, 0) is 36.4 Å². The predicted octanol–water partition coefficient (Wildman–Crippen LogP) is 4.94. The zero-order valence-corrected chi connectivity index (χ0v) is 14.3. The molecular formula is C15H32O2Si. The highest BCUT2D eigenvalue weighted by Crippen LogP contribution is 2.43. The van der Waals surface area contributed by atoms with E-state index >= 15 is 0 Å². The van der Waals surface area contributed by atoms with Crippen LogP contribution in [0.5, 0.6) is 0 Å². The fraction of sp³-hybridized carbons (Fsp3) is 0.933. The summed E-state index contributed by atoms with van der Waals surface area (Å²) in [7, 11) is -1.74. The van der Waals surface area contributed by atoms with Crippen molar-refractivity contribution in [3.8, 4) is 0 Å². The molecule has 0 aromatic rings. The van der Waals surface area contributed by atoms with Crippen LogP contribution in [0.4, 0.5) is 0 Å². The van der Waals surface area contributed by atoms with Crippen molar-refractivity contribution in [2.45, 2.75) is 90.5 Å². The average Bonchev–Trinajstić information content (AvgIpc) is 2.24. The molecule has 0 aliphatic carbocycles. The number of unbranched alkanes of at least 4 members (excludes halogenated alkanes) is 1. The predicted molar refractivity (Wildman–Crippen MR) is 81.5 cm³/mol. The van der Waals surface area contributed by atoms with Gasteiger partial charge in [-0.1, -0.05) is 41.5 Å². The lowest BCUT2D eigenvalue weighted by atomic mass is 10.2. The molecule has 0 aromatic carbocycles. The summed E-state index contributed by atoms with van der Waals surface area (Å²) in [6, 6.07) is 0. The summed E-state index contributed by atoms with van der Waals surface area (Å²) in [5.41, 5.74) is 1.89. The molecule has 0 rings (SSSR count). The van der Waals surface area contributed by atoms with Crippen LogP contribution in [0.25, 0.3) is 0 Å². The van der Waals surface area contributed by atoms with Crippen molar-refractivity contribution < 1.29 is 9.22 Å². The van der Waals surface area contributed by atoms with Gasteiger partial charge in [-0.25, -0.2) is 0 Å². The molecule has 0 radical (unpaired) electrons. The molecule has 0 bridgehead atoms. The summed E-state index contributed by atoms with van der Waals surface area (Å²) >= 11 is 0. The van der Waals surface area contributed by atoms with E-state index in [9.17, 15) is 4.79 Å². The lowest BCUT2D eigenvalue weighted by Gasteiger charge is -2.44. The SMILES string of the molecule is CC(C)[Si](O[C@@H](C)CCCC=O)(C(C)C)C(C)C. The lowest BCUT2D eigenvalue weighted by molar-refractivity contribution is -0.108. The number of rotatable bonds is 9. The minimum Gasteiger partial charge on any atom is -0.413 e. The molecule has 0 N–H and O–H groups in total. The maximum Gasteiger partial charge on any atom is 0.200 e. The summed E-state index contributed by atoms with van der Waals surface area (Å²) in [6.45, 7) is 16.0. The number of carbonyl (C=O) groups is 1. The molecule has 108 valence electrons.